The summed E-state index contributed by atoms with van der Waals surface area (Å²) in [5.74, 6) is 0.183. The van der Waals surface area contributed by atoms with Gasteiger partial charge in [0, 0.05) is 33.1 Å². The Morgan fingerprint density at radius 1 is 1.11 bits per heavy atom. The SMILES string of the molecule is CC(=O)OCc1ccc(CN2CCCN(C(=O)C(=O)c3cccs3)CC2)o1. The maximum atomic E-state index is 12.4. The number of furan rings is 1. The van der Waals surface area contributed by atoms with Crippen LogP contribution in [0.15, 0.2) is 34.1 Å². The fourth-order valence-electron chi connectivity index (χ4n) is 2.97. The molecular weight excluding hydrogens is 368 g/mol. The first-order valence-electron chi connectivity index (χ1n) is 8.83. The van der Waals surface area contributed by atoms with E-state index in [1.54, 1.807) is 28.5 Å². The maximum Gasteiger partial charge on any atom is 0.303 e. The van der Waals surface area contributed by atoms with Gasteiger partial charge in [-0.1, -0.05) is 6.07 Å². The van der Waals surface area contributed by atoms with Crippen LogP contribution >= 0.6 is 11.3 Å². The highest BCUT2D eigenvalue weighted by Crippen LogP contribution is 2.15. The molecule has 1 fully saturated rings. The van der Waals surface area contributed by atoms with Crippen molar-refractivity contribution in [3.63, 3.8) is 0 Å². The lowest BCUT2D eigenvalue weighted by Crippen LogP contribution is -2.39. The van der Waals surface area contributed by atoms with Gasteiger partial charge in [0.25, 0.3) is 11.7 Å². The summed E-state index contributed by atoms with van der Waals surface area (Å²) in [5, 5.41) is 1.80. The molecule has 1 saturated heterocycles. The Morgan fingerprint density at radius 2 is 1.93 bits per heavy atom. The van der Waals surface area contributed by atoms with Crippen LogP contribution in [-0.2, 0) is 27.5 Å². The number of esters is 1. The van der Waals surface area contributed by atoms with Crippen molar-refractivity contribution in [2.75, 3.05) is 26.2 Å². The number of hydrogen-bond acceptors (Lipinski definition) is 7. The first-order valence-corrected chi connectivity index (χ1v) is 9.71. The van der Waals surface area contributed by atoms with Crippen LogP contribution in [-0.4, -0.2) is 53.6 Å². The highest BCUT2D eigenvalue weighted by molar-refractivity contribution is 7.13. The van der Waals surface area contributed by atoms with Crippen LogP contribution < -0.4 is 0 Å². The minimum atomic E-state index is -0.431. The Hall–Kier alpha value is -2.45. The molecule has 27 heavy (non-hydrogen) atoms. The van der Waals surface area contributed by atoms with Gasteiger partial charge in [-0.2, -0.15) is 0 Å². The lowest BCUT2D eigenvalue weighted by atomic mass is 10.2. The van der Waals surface area contributed by atoms with Crippen molar-refractivity contribution in [2.24, 2.45) is 0 Å². The van der Waals surface area contributed by atoms with Crippen LogP contribution in [0.2, 0.25) is 0 Å². The molecule has 2 aromatic rings. The highest BCUT2D eigenvalue weighted by Gasteiger charge is 2.26. The zero-order valence-corrected chi connectivity index (χ0v) is 16.0. The van der Waals surface area contributed by atoms with E-state index < -0.39 is 11.7 Å². The van der Waals surface area contributed by atoms with Gasteiger partial charge in [0.1, 0.15) is 18.1 Å². The smallest absolute Gasteiger partial charge is 0.303 e. The monoisotopic (exact) mass is 390 g/mol. The maximum absolute atomic E-state index is 12.4. The lowest BCUT2D eigenvalue weighted by molar-refractivity contribution is -0.142. The predicted molar refractivity (Wildman–Crippen MR) is 99.3 cm³/mol. The topological polar surface area (TPSA) is 80.1 Å². The van der Waals surface area contributed by atoms with E-state index in [9.17, 15) is 14.4 Å². The second-order valence-corrected chi connectivity index (χ2v) is 7.32. The highest BCUT2D eigenvalue weighted by atomic mass is 32.1. The van der Waals surface area contributed by atoms with Gasteiger partial charge in [-0.3, -0.25) is 19.3 Å². The van der Waals surface area contributed by atoms with Gasteiger partial charge in [-0.15, -0.1) is 11.3 Å². The Bertz CT molecular complexity index is 799. The van der Waals surface area contributed by atoms with E-state index in [0.717, 1.165) is 18.7 Å². The van der Waals surface area contributed by atoms with Gasteiger partial charge >= 0.3 is 5.97 Å². The molecule has 0 atom stereocenters. The Kier molecular flexibility index (Phi) is 6.41. The Labute approximate surface area is 161 Å². The van der Waals surface area contributed by atoms with Crippen LogP contribution in [0, 0.1) is 0 Å². The summed E-state index contributed by atoms with van der Waals surface area (Å²) in [6.45, 7) is 4.67. The number of carbonyl (C=O) groups is 3. The van der Waals surface area contributed by atoms with E-state index in [1.165, 1.54) is 18.3 Å². The molecule has 0 saturated carbocycles. The second-order valence-electron chi connectivity index (χ2n) is 6.38. The third kappa shape index (κ3) is 5.27. The van der Waals surface area contributed by atoms with Gasteiger partial charge < -0.3 is 14.1 Å². The van der Waals surface area contributed by atoms with Gasteiger partial charge in [0.2, 0.25) is 0 Å². The van der Waals surface area contributed by atoms with Crippen molar-refractivity contribution < 1.29 is 23.5 Å². The molecule has 7 nitrogen and oxygen atoms in total. The van der Waals surface area contributed by atoms with Crippen molar-refractivity contribution in [1.29, 1.82) is 0 Å². The zero-order valence-electron chi connectivity index (χ0n) is 15.2. The minimum absolute atomic E-state index is 0.127. The molecule has 1 aliphatic rings. The van der Waals surface area contributed by atoms with Crippen molar-refractivity contribution in [2.45, 2.75) is 26.5 Å². The van der Waals surface area contributed by atoms with Crippen molar-refractivity contribution in [3.8, 4) is 0 Å². The summed E-state index contributed by atoms with van der Waals surface area (Å²) in [4.78, 5) is 39.9. The number of Topliss-reactive ketones (excluding diaryl/α,β-unsaturated/α-hetero) is 1. The Morgan fingerprint density at radius 3 is 2.67 bits per heavy atom. The van der Waals surface area contributed by atoms with Crippen LogP contribution in [0.25, 0.3) is 0 Å². The van der Waals surface area contributed by atoms with E-state index in [0.29, 0.717) is 36.8 Å². The van der Waals surface area contributed by atoms with Gasteiger partial charge in [0.05, 0.1) is 11.4 Å². The number of ether oxygens (including phenoxy) is 1. The number of nitrogens with zero attached hydrogens (tertiary/aromatic N) is 2. The number of hydrogen-bond donors (Lipinski definition) is 0. The quantitative estimate of drug-likeness (QED) is 0.428. The molecule has 0 radical (unpaired) electrons. The van der Waals surface area contributed by atoms with Crippen LogP contribution in [0.1, 0.15) is 34.5 Å². The molecule has 3 rings (SSSR count). The molecule has 144 valence electrons. The molecular formula is C19H22N2O5S. The zero-order chi connectivity index (χ0) is 19.2. The number of carbonyl (C=O) groups excluding carboxylic acids is 3. The molecule has 1 aliphatic heterocycles. The average Bonchev–Trinajstić information content (AvgIpc) is 3.28. The van der Waals surface area contributed by atoms with E-state index in [1.807, 2.05) is 6.07 Å². The summed E-state index contributed by atoms with van der Waals surface area (Å²) >= 11 is 1.29. The van der Waals surface area contributed by atoms with Gasteiger partial charge in [0.15, 0.2) is 0 Å². The predicted octanol–water partition coefficient (Wildman–Crippen LogP) is 2.32. The minimum Gasteiger partial charge on any atom is -0.461 e. The largest absolute Gasteiger partial charge is 0.461 e. The molecule has 0 aromatic carbocycles. The molecule has 0 unspecified atom stereocenters. The summed E-state index contributed by atoms with van der Waals surface area (Å²) < 4.78 is 10.6. The standard InChI is InChI=1S/C19H22N2O5S/c1-14(22)25-13-16-6-5-15(26-16)12-20-7-3-8-21(10-9-20)19(24)18(23)17-4-2-11-27-17/h2,4-6,11H,3,7-10,12-13H2,1H3. The van der Waals surface area contributed by atoms with E-state index in [4.69, 9.17) is 9.15 Å². The second kappa shape index (κ2) is 8.96. The fourth-order valence-corrected chi connectivity index (χ4v) is 3.62. The van der Waals surface area contributed by atoms with E-state index in [2.05, 4.69) is 4.90 Å². The lowest BCUT2D eigenvalue weighted by Gasteiger charge is -2.20. The third-order valence-corrected chi connectivity index (χ3v) is 5.20. The molecule has 2 aromatic heterocycles. The normalized spacial score (nSPS) is 15.4. The molecule has 0 N–H and O–H groups in total. The van der Waals surface area contributed by atoms with Crippen LogP contribution in [0.5, 0.6) is 0 Å². The summed E-state index contributed by atoms with van der Waals surface area (Å²) in [6, 6.07) is 7.12. The van der Waals surface area contributed by atoms with Gasteiger partial charge in [-0.05, 0) is 30.0 Å². The molecule has 1 amide bonds. The van der Waals surface area contributed by atoms with Crippen LogP contribution in [0.4, 0.5) is 0 Å². The molecule has 3 heterocycles. The molecule has 0 bridgehead atoms. The van der Waals surface area contributed by atoms with Crippen molar-refractivity contribution in [3.05, 3.63) is 46.0 Å². The van der Waals surface area contributed by atoms with Gasteiger partial charge in [-0.25, -0.2) is 0 Å². The number of amides is 1. The average molecular weight is 390 g/mol. The third-order valence-electron chi connectivity index (χ3n) is 4.33. The van der Waals surface area contributed by atoms with Crippen molar-refractivity contribution in [1.82, 2.24) is 9.80 Å². The number of thiophene rings is 1. The summed E-state index contributed by atoms with van der Waals surface area (Å²) in [6.07, 6.45) is 0.796. The van der Waals surface area contributed by atoms with Crippen molar-refractivity contribution >= 4 is 29.0 Å². The number of rotatable bonds is 6. The molecule has 0 spiro atoms. The Balaban J connectivity index is 1.52. The molecule has 0 aliphatic carbocycles. The molecule has 8 heteroatoms. The van der Waals surface area contributed by atoms with Crippen LogP contribution in [0.3, 0.4) is 0 Å². The fraction of sp³-hybridized carbons (Fsp3) is 0.421. The van der Waals surface area contributed by atoms with E-state index >= 15 is 0 Å². The first-order chi connectivity index (χ1) is 13.0. The first kappa shape index (κ1) is 19.3. The summed E-state index contributed by atoms with van der Waals surface area (Å²) in [5.41, 5.74) is 0. The summed E-state index contributed by atoms with van der Waals surface area (Å²) in [7, 11) is 0. The number of ketones is 1. The van der Waals surface area contributed by atoms with E-state index in [-0.39, 0.29) is 12.6 Å².